The van der Waals surface area contributed by atoms with E-state index in [0.717, 1.165) is 19.0 Å². The molecule has 4 heterocycles. The molecule has 4 rings (SSSR count). The number of rotatable bonds is 1. The second-order valence-corrected chi connectivity index (χ2v) is 9.40. The van der Waals surface area contributed by atoms with E-state index < -0.39 is 11.6 Å². The fourth-order valence-corrected chi connectivity index (χ4v) is 8.21. The third kappa shape index (κ3) is 1.29. The first-order valence-electron chi connectivity index (χ1n) is 6.11. The summed E-state index contributed by atoms with van der Waals surface area (Å²) in [6, 6.07) is 0. The van der Waals surface area contributed by atoms with E-state index in [0.29, 0.717) is 0 Å². The van der Waals surface area contributed by atoms with Crippen molar-refractivity contribution in [3.8, 4) is 0 Å². The molecule has 16 heavy (non-hydrogen) atoms. The highest BCUT2D eigenvalue weighted by Gasteiger charge is 2.70. The summed E-state index contributed by atoms with van der Waals surface area (Å²) in [4.78, 5) is 0. The van der Waals surface area contributed by atoms with E-state index in [9.17, 15) is 0 Å². The third-order valence-corrected chi connectivity index (χ3v) is 7.47. The normalized spacial score (nSPS) is 63.9. The van der Waals surface area contributed by atoms with Gasteiger partial charge in [-0.05, 0) is 41.8 Å². The Balaban J connectivity index is 2.10. The van der Waals surface area contributed by atoms with Crippen LogP contribution in [-0.2, 0) is 14.2 Å². The molecule has 4 heteroatoms. The molecule has 4 fully saturated rings. The van der Waals surface area contributed by atoms with Gasteiger partial charge in [0, 0.05) is 12.8 Å². The van der Waals surface area contributed by atoms with Crippen LogP contribution >= 0.6 is 7.92 Å². The van der Waals surface area contributed by atoms with Gasteiger partial charge in [-0.3, -0.25) is 0 Å². The molecule has 0 aliphatic carbocycles. The average molecular weight is 244 g/mol. The first-order valence-corrected chi connectivity index (χ1v) is 7.64. The van der Waals surface area contributed by atoms with Gasteiger partial charge in [0.15, 0.2) is 11.6 Å². The predicted octanol–water partition coefficient (Wildman–Crippen LogP) is 3.22. The summed E-state index contributed by atoms with van der Waals surface area (Å²) in [7, 11) is -0.256. The Morgan fingerprint density at radius 2 is 1.31 bits per heavy atom. The molecule has 4 unspecified atom stereocenters. The smallest absolute Gasteiger partial charge is 0.173 e. The zero-order valence-electron chi connectivity index (χ0n) is 10.8. The van der Waals surface area contributed by atoms with Crippen LogP contribution < -0.4 is 0 Å². The first-order chi connectivity index (χ1) is 7.23. The first kappa shape index (κ1) is 11.4. The second-order valence-electron chi connectivity index (χ2n) is 6.02. The van der Waals surface area contributed by atoms with Crippen molar-refractivity contribution in [2.75, 3.05) is 6.16 Å². The Labute approximate surface area is 98.6 Å². The van der Waals surface area contributed by atoms with Crippen molar-refractivity contribution in [2.45, 2.75) is 69.7 Å². The topological polar surface area (TPSA) is 27.7 Å². The number of hydrogen-bond donors (Lipinski definition) is 0. The Kier molecular flexibility index (Phi) is 2.01. The molecule has 3 nitrogen and oxygen atoms in total. The zero-order chi connectivity index (χ0) is 11.8. The van der Waals surface area contributed by atoms with Crippen molar-refractivity contribution in [3.63, 3.8) is 0 Å². The van der Waals surface area contributed by atoms with Crippen molar-refractivity contribution in [3.05, 3.63) is 0 Å². The maximum absolute atomic E-state index is 6.26. The lowest BCUT2D eigenvalue weighted by atomic mass is 9.98. The zero-order valence-corrected chi connectivity index (χ0v) is 11.7. The molecule has 4 bridgehead atoms. The van der Waals surface area contributed by atoms with E-state index in [1.165, 1.54) is 0 Å². The van der Waals surface area contributed by atoms with Crippen LogP contribution in [0.3, 0.4) is 0 Å². The highest BCUT2D eigenvalue weighted by molar-refractivity contribution is 7.60. The quantitative estimate of drug-likeness (QED) is 0.663. The van der Waals surface area contributed by atoms with E-state index in [4.69, 9.17) is 14.2 Å². The summed E-state index contributed by atoms with van der Waals surface area (Å²) in [5, 5.41) is -0.0613. The SMILES string of the molecule is CCP1C2(C)CC3(C)OC(C)(CC1(C)O3)O2. The van der Waals surface area contributed by atoms with Crippen LogP contribution in [0.5, 0.6) is 0 Å². The third-order valence-electron chi connectivity index (χ3n) is 4.06. The molecule has 4 saturated heterocycles. The van der Waals surface area contributed by atoms with Gasteiger partial charge < -0.3 is 14.2 Å². The van der Waals surface area contributed by atoms with Crippen LogP contribution in [0.2, 0.25) is 0 Å². The van der Waals surface area contributed by atoms with Crippen LogP contribution in [-0.4, -0.2) is 28.4 Å². The van der Waals surface area contributed by atoms with Crippen LogP contribution in [0, 0.1) is 0 Å². The summed E-state index contributed by atoms with van der Waals surface area (Å²) in [6.07, 6.45) is 2.89. The molecule has 0 saturated carbocycles. The maximum atomic E-state index is 6.26. The molecular weight excluding hydrogens is 223 g/mol. The van der Waals surface area contributed by atoms with Crippen molar-refractivity contribution >= 4 is 7.92 Å². The van der Waals surface area contributed by atoms with Gasteiger partial charge in [-0.1, -0.05) is 6.92 Å². The van der Waals surface area contributed by atoms with E-state index in [-0.39, 0.29) is 18.6 Å². The Bertz CT molecular complexity index is 299. The van der Waals surface area contributed by atoms with Gasteiger partial charge in [0.2, 0.25) is 0 Å². The van der Waals surface area contributed by atoms with Gasteiger partial charge in [-0.15, -0.1) is 0 Å². The standard InChI is InChI=1S/C12H21O3P/c1-6-16-11(4)7-9(2)13-10(3,15-11)8-12(16,5)14-9/h6-8H2,1-5H3. The van der Waals surface area contributed by atoms with Crippen LogP contribution in [0.4, 0.5) is 0 Å². The Morgan fingerprint density at radius 1 is 0.875 bits per heavy atom. The summed E-state index contributed by atoms with van der Waals surface area (Å²) in [5.41, 5.74) is 0. The number of ether oxygens (including phenoxy) is 3. The summed E-state index contributed by atoms with van der Waals surface area (Å²) >= 11 is 0. The van der Waals surface area contributed by atoms with Crippen LogP contribution in [0.15, 0.2) is 0 Å². The van der Waals surface area contributed by atoms with E-state index in [2.05, 4.69) is 34.6 Å². The molecule has 0 spiro atoms. The molecule has 0 amide bonds. The lowest BCUT2D eigenvalue weighted by Crippen LogP contribution is -2.71. The largest absolute Gasteiger partial charge is 0.339 e. The molecular formula is C12H21O3P. The minimum Gasteiger partial charge on any atom is -0.339 e. The summed E-state index contributed by atoms with van der Waals surface area (Å²) in [5.74, 6) is -0.883. The van der Waals surface area contributed by atoms with Gasteiger partial charge in [-0.2, -0.15) is 0 Å². The highest BCUT2D eigenvalue weighted by atomic mass is 31.1. The lowest BCUT2D eigenvalue weighted by Gasteiger charge is -2.69. The summed E-state index contributed by atoms with van der Waals surface area (Å²) < 4.78 is 18.5. The molecule has 4 aliphatic heterocycles. The molecule has 0 aromatic rings. The molecule has 4 aliphatic rings. The van der Waals surface area contributed by atoms with Gasteiger partial charge in [0.1, 0.15) is 0 Å². The van der Waals surface area contributed by atoms with Gasteiger partial charge in [0.25, 0.3) is 0 Å². The molecule has 0 radical (unpaired) electrons. The molecule has 92 valence electrons. The number of hydrogen-bond acceptors (Lipinski definition) is 3. The molecule has 4 atom stereocenters. The van der Waals surface area contributed by atoms with Gasteiger partial charge in [-0.25, -0.2) is 0 Å². The highest BCUT2D eigenvalue weighted by Crippen LogP contribution is 2.76. The van der Waals surface area contributed by atoms with Crippen LogP contribution in [0.1, 0.15) is 47.5 Å². The molecule has 0 aromatic heterocycles. The van der Waals surface area contributed by atoms with Gasteiger partial charge >= 0.3 is 0 Å². The Hall–Kier alpha value is 0.310. The fourth-order valence-electron chi connectivity index (χ4n) is 4.31. The Morgan fingerprint density at radius 3 is 1.69 bits per heavy atom. The maximum Gasteiger partial charge on any atom is 0.173 e. The second kappa shape index (κ2) is 2.83. The van der Waals surface area contributed by atoms with Crippen molar-refractivity contribution in [1.29, 1.82) is 0 Å². The van der Waals surface area contributed by atoms with Crippen molar-refractivity contribution in [1.82, 2.24) is 0 Å². The van der Waals surface area contributed by atoms with E-state index >= 15 is 0 Å². The van der Waals surface area contributed by atoms with Crippen molar-refractivity contribution < 1.29 is 14.2 Å². The van der Waals surface area contributed by atoms with Crippen molar-refractivity contribution in [2.24, 2.45) is 0 Å². The molecule has 0 aromatic carbocycles. The predicted molar refractivity (Wildman–Crippen MR) is 63.6 cm³/mol. The van der Waals surface area contributed by atoms with E-state index in [1.807, 2.05) is 0 Å². The van der Waals surface area contributed by atoms with E-state index in [1.54, 1.807) is 0 Å². The fraction of sp³-hybridized carbons (Fsp3) is 1.00. The average Bonchev–Trinajstić information content (AvgIpc) is 1.92. The summed E-state index contributed by atoms with van der Waals surface area (Å²) in [6.45, 7) is 10.9. The monoisotopic (exact) mass is 244 g/mol. The van der Waals surface area contributed by atoms with Gasteiger partial charge in [0.05, 0.1) is 10.7 Å². The lowest BCUT2D eigenvalue weighted by molar-refractivity contribution is -0.468. The van der Waals surface area contributed by atoms with Crippen LogP contribution in [0.25, 0.3) is 0 Å². The molecule has 0 N–H and O–H groups in total. The minimum atomic E-state index is -0.442. The minimum absolute atomic E-state index is 0.0307.